The van der Waals surface area contributed by atoms with E-state index in [2.05, 4.69) is 16.7 Å². The lowest BCUT2D eigenvalue weighted by Gasteiger charge is -2.30. The Balaban J connectivity index is 0.000000221. The first-order chi connectivity index (χ1) is 27.7. The Morgan fingerprint density at radius 3 is 2.40 bits per heavy atom. The van der Waals surface area contributed by atoms with Crippen LogP contribution in [0.1, 0.15) is 74.4 Å². The number of nitrogens with one attached hydrogen (secondary N) is 2. The zero-order valence-electron chi connectivity index (χ0n) is 33.3. The highest BCUT2D eigenvalue weighted by molar-refractivity contribution is 7.90. The minimum absolute atomic E-state index is 0.0300. The van der Waals surface area contributed by atoms with Crippen LogP contribution in [0.4, 0.5) is 5.69 Å². The summed E-state index contributed by atoms with van der Waals surface area (Å²) in [6.45, 7) is 8.79. The minimum atomic E-state index is -3.69. The number of para-hydroxylation sites is 1. The van der Waals surface area contributed by atoms with Crippen LogP contribution in [0.5, 0.6) is 5.75 Å². The molecule has 6 rings (SSSR count). The monoisotopic (exact) mass is 818 g/mol. The smallest absolute Gasteiger partial charge is 0.337 e. The molecule has 0 radical (unpaired) electrons. The largest absolute Gasteiger partial charge is 0.489 e. The van der Waals surface area contributed by atoms with Crippen LogP contribution in [0.3, 0.4) is 0 Å². The number of allylic oxidation sites excluding steroid dienone is 2. The molecule has 3 aliphatic heterocycles. The number of fused-ring (bicyclic) bond motifs is 2. The van der Waals surface area contributed by atoms with Gasteiger partial charge in [0.1, 0.15) is 23.4 Å². The van der Waals surface area contributed by atoms with Gasteiger partial charge in [0.2, 0.25) is 0 Å². The summed E-state index contributed by atoms with van der Waals surface area (Å²) in [7, 11) is -2.21. The molecule has 0 aliphatic carbocycles. The fourth-order valence-electron chi connectivity index (χ4n) is 7.00. The molecule has 3 heterocycles. The van der Waals surface area contributed by atoms with Gasteiger partial charge in [0.15, 0.2) is 0 Å². The second-order valence-electron chi connectivity index (χ2n) is 14.2. The van der Waals surface area contributed by atoms with Crippen molar-refractivity contribution in [1.29, 1.82) is 0 Å². The summed E-state index contributed by atoms with van der Waals surface area (Å²) >= 11 is 0. The third-order valence-electron chi connectivity index (χ3n) is 9.73. The van der Waals surface area contributed by atoms with Crippen molar-refractivity contribution in [2.75, 3.05) is 40.0 Å². The van der Waals surface area contributed by atoms with E-state index in [-0.39, 0.29) is 59.3 Å². The SMILES string of the molecule is COCCOC(=O)C1=C(C)NC(C)=C(C(=O)OC(C)C)C1c1cccc([N+](=O)[O-])c1.O=C1c2ccccc2S(=O)(=O)N1CCCCNCC1CCc2ccccc2O1. The number of carbonyl (C=O) groups is 3. The van der Waals surface area contributed by atoms with Crippen molar-refractivity contribution in [3.63, 3.8) is 0 Å². The molecule has 0 bridgehead atoms. The van der Waals surface area contributed by atoms with E-state index in [1.807, 2.05) is 18.2 Å². The Bertz CT molecular complexity index is 2180. The van der Waals surface area contributed by atoms with Crippen LogP contribution in [0.25, 0.3) is 0 Å². The van der Waals surface area contributed by atoms with Gasteiger partial charge >= 0.3 is 11.9 Å². The Kier molecular flexibility index (Phi) is 14.8. The molecule has 1 amide bonds. The van der Waals surface area contributed by atoms with E-state index in [4.69, 9.17) is 18.9 Å². The number of unbranched alkanes of at least 4 members (excludes halogenated alkanes) is 1. The first kappa shape index (κ1) is 43.5. The van der Waals surface area contributed by atoms with Gasteiger partial charge in [0.25, 0.3) is 21.6 Å². The third-order valence-corrected chi connectivity index (χ3v) is 11.6. The van der Waals surface area contributed by atoms with E-state index in [0.717, 1.165) is 42.4 Å². The van der Waals surface area contributed by atoms with Crippen molar-refractivity contribution in [2.24, 2.45) is 0 Å². The van der Waals surface area contributed by atoms with Crippen molar-refractivity contribution in [3.05, 3.63) is 122 Å². The predicted molar refractivity (Wildman–Crippen MR) is 214 cm³/mol. The number of nitro groups is 1. The quantitative estimate of drug-likeness (QED) is 0.0839. The molecule has 2 unspecified atom stereocenters. The number of nitro benzene ring substituents is 1. The van der Waals surface area contributed by atoms with E-state index in [1.165, 1.54) is 36.9 Å². The lowest BCUT2D eigenvalue weighted by molar-refractivity contribution is -0.384. The van der Waals surface area contributed by atoms with Gasteiger partial charge in [-0.15, -0.1) is 0 Å². The summed E-state index contributed by atoms with van der Waals surface area (Å²) in [5.74, 6) is -1.58. The van der Waals surface area contributed by atoms with Crippen LogP contribution in [0.15, 0.2) is 100 Å². The Labute approximate surface area is 338 Å². The number of benzene rings is 3. The number of rotatable bonds is 15. The van der Waals surface area contributed by atoms with Crippen molar-refractivity contribution in [3.8, 4) is 5.75 Å². The van der Waals surface area contributed by atoms with Gasteiger partial charge in [0, 0.05) is 43.7 Å². The maximum absolute atomic E-state index is 12.9. The lowest BCUT2D eigenvalue weighted by atomic mass is 9.80. The molecule has 0 saturated carbocycles. The van der Waals surface area contributed by atoms with Crippen LogP contribution < -0.4 is 15.4 Å². The molecule has 0 aromatic heterocycles. The van der Waals surface area contributed by atoms with Gasteiger partial charge < -0.3 is 29.6 Å². The molecule has 2 N–H and O–H groups in total. The number of nitrogens with zero attached hydrogens (tertiary/aromatic N) is 2. The molecule has 15 nitrogen and oxygen atoms in total. The number of hydrogen-bond acceptors (Lipinski definition) is 13. The fourth-order valence-corrected chi connectivity index (χ4v) is 8.61. The van der Waals surface area contributed by atoms with Gasteiger partial charge in [0.05, 0.1) is 40.3 Å². The Morgan fingerprint density at radius 2 is 1.69 bits per heavy atom. The van der Waals surface area contributed by atoms with Crippen LogP contribution in [-0.4, -0.2) is 87.7 Å². The second-order valence-corrected chi connectivity index (χ2v) is 16.1. The molecule has 16 heteroatoms. The zero-order valence-corrected chi connectivity index (χ0v) is 34.1. The van der Waals surface area contributed by atoms with Gasteiger partial charge in [-0.2, -0.15) is 0 Å². The van der Waals surface area contributed by atoms with Crippen molar-refractivity contribution >= 4 is 33.6 Å². The summed E-state index contributed by atoms with van der Waals surface area (Å²) in [6, 6.07) is 20.4. The topological polar surface area (TPSA) is 193 Å². The molecule has 3 aliphatic rings. The van der Waals surface area contributed by atoms with Crippen molar-refractivity contribution in [1.82, 2.24) is 14.9 Å². The molecule has 58 heavy (non-hydrogen) atoms. The summed E-state index contributed by atoms with van der Waals surface area (Å²) < 4.78 is 47.6. The number of dihydropyridines is 1. The van der Waals surface area contributed by atoms with E-state index < -0.39 is 38.7 Å². The standard InChI is InChI=1S/C21H26N2O7.C21H24N2O4S/c1-12(2)30-21(25)18-14(4)22-13(3)17(20(24)29-10-9-28-5)19(18)15-7-6-8-16(11-15)23(26)27;24-21-18-8-2-4-10-20(18)28(25,26)23(21)14-6-5-13-22-15-17-12-11-16-7-1-3-9-19(16)27-17/h6-8,11-12,19,22H,9-10H2,1-5H3;1-4,7-10,17,22H,5-6,11-15H2. The number of non-ortho nitro benzene ring substituents is 1. The van der Waals surface area contributed by atoms with E-state index in [0.29, 0.717) is 23.4 Å². The molecule has 0 spiro atoms. The summed E-state index contributed by atoms with van der Waals surface area (Å²) in [5.41, 5.74) is 3.19. The van der Waals surface area contributed by atoms with Crippen LogP contribution in [0.2, 0.25) is 0 Å². The molecule has 3 aromatic rings. The van der Waals surface area contributed by atoms with E-state index in [9.17, 15) is 32.9 Å². The highest BCUT2D eigenvalue weighted by Crippen LogP contribution is 2.40. The summed E-state index contributed by atoms with van der Waals surface area (Å²) in [5, 5.41) is 17.7. The normalized spacial score (nSPS) is 18.0. The number of aryl methyl sites for hydroxylation is 1. The molecule has 3 aromatic carbocycles. The minimum Gasteiger partial charge on any atom is -0.489 e. The van der Waals surface area contributed by atoms with E-state index >= 15 is 0 Å². The number of esters is 2. The first-order valence-electron chi connectivity index (χ1n) is 19.2. The van der Waals surface area contributed by atoms with Crippen molar-refractivity contribution < 1.29 is 46.7 Å². The average molecular weight is 819 g/mol. The lowest BCUT2D eigenvalue weighted by Crippen LogP contribution is -2.35. The number of methoxy groups -OCH3 is 1. The number of ether oxygens (including phenoxy) is 4. The van der Waals surface area contributed by atoms with E-state index in [1.54, 1.807) is 52.0 Å². The van der Waals surface area contributed by atoms with Gasteiger partial charge in [-0.3, -0.25) is 14.9 Å². The molecular formula is C42H50N4O11S. The summed E-state index contributed by atoms with van der Waals surface area (Å²) in [4.78, 5) is 49.0. The second kappa shape index (κ2) is 19.7. The van der Waals surface area contributed by atoms with Gasteiger partial charge in [-0.25, -0.2) is 22.3 Å². The zero-order chi connectivity index (χ0) is 42.0. The number of carbonyl (C=O) groups excluding carboxylic acids is 3. The summed E-state index contributed by atoms with van der Waals surface area (Å²) in [6.07, 6.45) is 3.21. The maximum Gasteiger partial charge on any atom is 0.337 e. The molecule has 0 fully saturated rings. The molecule has 0 saturated heterocycles. The number of amides is 1. The predicted octanol–water partition coefficient (Wildman–Crippen LogP) is 5.57. The van der Waals surface area contributed by atoms with Gasteiger partial charge in [-0.05, 0) is 89.2 Å². The Morgan fingerprint density at radius 1 is 0.983 bits per heavy atom. The Hall–Kier alpha value is -5.58. The van der Waals surface area contributed by atoms with Crippen LogP contribution >= 0.6 is 0 Å². The highest BCUT2D eigenvalue weighted by atomic mass is 32.2. The average Bonchev–Trinajstić information content (AvgIpc) is 3.39. The molecular weight excluding hydrogens is 769 g/mol. The van der Waals surface area contributed by atoms with Gasteiger partial charge in [-0.1, -0.05) is 42.5 Å². The number of hydrogen-bond donors (Lipinski definition) is 2. The molecule has 310 valence electrons. The number of sulfonamides is 1. The van der Waals surface area contributed by atoms with Crippen LogP contribution in [0, 0.1) is 10.1 Å². The first-order valence-corrected chi connectivity index (χ1v) is 20.6. The highest BCUT2D eigenvalue weighted by Gasteiger charge is 2.41. The fraction of sp³-hybridized carbons (Fsp3) is 0.405. The third kappa shape index (κ3) is 10.3. The maximum atomic E-state index is 12.9. The van der Waals surface area contributed by atoms with Crippen LogP contribution in [-0.2, 0) is 40.2 Å². The van der Waals surface area contributed by atoms with Crippen molar-refractivity contribution in [2.45, 2.75) is 76.4 Å². The molecule has 2 atom stereocenters.